The summed E-state index contributed by atoms with van der Waals surface area (Å²) in [6.07, 6.45) is -0.0835. The van der Waals surface area contributed by atoms with E-state index in [0.717, 1.165) is 6.42 Å². The highest BCUT2D eigenvalue weighted by molar-refractivity contribution is 5.21. The molecule has 4 heteroatoms. The van der Waals surface area contributed by atoms with Gasteiger partial charge in [-0.3, -0.25) is 0 Å². The number of benzene rings is 1. The molecule has 0 aliphatic rings. The summed E-state index contributed by atoms with van der Waals surface area (Å²) < 4.78 is 13.5. The van der Waals surface area contributed by atoms with Crippen LogP contribution in [0.5, 0.6) is 0 Å². The first-order valence-corrected chi connectivity index (χ1v) is 5.45. The fourth-order valence-corrected chi connectivity index (χ4v) is 1.57. The smallest absolute Gasteiger partial charge is 0.127 e. The zero-order valence-electron chi connectivity index (χ0n) is 9.36. The molecule has 90 valence electrons. The highest BCUT2D eigenvalue weighted by atomic mass is 19.1. The first-order valence-electron chi connectivity index (χ1n) is 5.45. The molecule has 0 fully saturated rings. The van der Waals surface area contributed by atoms with Crippen LogP contribution in [0.1, 0.15) is 24.9 Å². The lowest BCUT2D eigenvalue weighted by atomic mass is 10.0. The normalized spacial score (nSPS) is 14.8. The van der Waals surface area contributed by atoms with Crippen molar-refractivity contribution in [2.24, 2.45) is 0 Å². The maximum Gasteiger partial charge on any atom is 0.127 e. The highest BCUT2D eigenvalue weighted by Crippen LogP contribution is 2.19. The lowest BCUT2D eigenvalue weighted by molar-refractivity contribution is 0.0916. The van der Waals surface area contributed by atoms with Crippen LogP contribution in [-0.4, -0.2) is 29.5 Å². The summed E-state index contributed by atoms with van der Waals surface area (Å²) in [5, 5.41) is 20.9. The second-order valence-electron chi connectivity index (χ2n) is 3.73. The second-order valence-corrected chi connectivity index (χ2v) is 3.73. The van der Waals surface area contributed by atoms with Gasteiger partial charge in [0.1, 0.15) is 5.82 Å². The molecule has 3 N–H and O–H groups in total. The van der Waals surface area contributed by atoms with Crippen LogP contribution >= 0.6 is 0 Å². The van der Waals surface area contributed by atoms with Crippen LogP contribution in [0.2, 0.25) is 0 Å². The van der Waals surface area contributed by atoms with Crippen molar-refractivity contribution in [3.63, 3.8) is 0 Å². The van der Waals surface area contributed by atoms with Crippen molar-refractivity contribution in [2.75, 3.05) is 13.2 Å². The van der Waals surface area contributed by atoms with E-state index in [0.29, 0.717) is 5.56 Å². The topological polar surface area (TPSA) is 52.5 Å². The molecule has 0 aromatic heterocycles. The Kier molecular flexibility index (Phi) is 5.38. The summed E-state index contributed by atoms with van der Waals surface area (Å²) in [4.78, 5) is 0. The molecule has 16 heavy (non-hydrogen) atoms. The standard InChI is InChI=1S/C12H18FNO2/c1-2-12(14-7-9(16)8-15)10-5-3-4-6-11(10)13/h3-6,9,12,14-16H,2,7-8H2,1H3. The van der Waals surface area contributed by atoms with Gasteiger partial charge in [-0.05, 0) is 12.5 Å². The van der Waals surface area contributed by atoms with Crippen molar-refractivity contribution in [3.05, 3.63) is 35.6 Å². The molecule has 2 unspecified atom stereocenters. The first-order chi connectivity index (χ1) is 7.69. The summed E-state index contributed by atoms with van der Waals surface area (Å²) >= 11 is 0. The van der Waals surface area contributed by atoms with Crippen LogP contribution in [0, 0.1) is 5.82 Å². The van der Waals surface area contributed by atoms with Gasteiger partial charge in [0.15, 0.2) is 0 Å². The summed E-state index contributed by atoms with van der Waals surface area (Å²) in [5.41, 5.74) is 0.593. The predicted molar refractivity (Wildman–Crippen MR) is 60.5 cm³/mol. The molecule has 0 spiro atoms. The monoisotopic (exact) mass is 227 g/mol. The third kappa shape index (κ3) is 3.56. The Morgan fingerprint density at radius 1 is 1.38 bits per heavy atom. The van der Waals surface area contributed by atoms with Gasteiger partial charge < -0.3 is 15.5 Å². The Morgan fingerprint density at radius 3 is 2.62 bits per heavy atom. The van der Waals surface area contributed by atoms with Gasteiger partial charge in [-0.2, -0.15) is 0 Å². The summed E-state index contributed by atoms with van der Waals surface area (Å²) in [6, 6.07) is 6.44. The maximum absolute atomic E-state index is 13.5. The van der Waals surface area contributed by atoms with E-state index in [1.165, 1.54) is 6.07 Å². The molecule has 1 aromatic carbocycles. The third-order valence-electron chi connectivity index (χ3n) is 2.50. The van der Waals surface area contributed by atoms with E-state index in [1.807, 2.05) is 6.92 Å². The number of hydrogen-bond acceptors (Lipinski definition) is 3. The third-order valence-corrected chi connectivity index (χ3v) is 2.50. The summed E-state index contributed by atoms with van der Waals surface area (Å²) in [5.74, 6) is -0.250. The average molecular weight is 227 g/mol. The Labute approximate surface area is 94.9 Å². The fourth-order valence-electron chi connectivity index (χ4n) is 1.57. The summed E-state index contributed by atoms with van der Waals surface area (Å²) in [7, 11) is 0. The lowest BCUT2D eigenvalue weighted by Crippen LogP contribution is -2.32. The van der Waals surface area contributed by atoms with Gasteiger partial charge in [-0.25, -0.2) is 4.39 Å². The number of aliphatic hydroxyl groups excluding tert-OH is 2. The van der Waals surface area contributed by atoms with Gasteiger partial charge >= 0.3 is 0 Å². The van der Waals surface area contributed by atoms with Crippen molar-refractivity contribution in [2.45, 2.75) is 25.5 Å². The predicted octanol–water partition coefficient (Wildman–Crippen LogP) is 1.22. The second kappa shape index (κ2) is 6.58. The summed E-state index contributed by atoms with van der Waals surface area (Å²) in [6.45, 7) is 1.90. The Bertz CT molecular complexity index is 320. The average Bonchev–Trinajstić information content (AvgIpc) is 2.31. The van der Waals surface area contributed by atoms with Crippen molar-refractivity contribution < 1.29 is 14.6 Å². The molecule has 0 heterocycles. The molecule has 0 amide bonds. The first kappa shape index (κ1) is 13.1. The minimum Gasteiger partial charge on any atom is -0.394 e. The number of nitrogens with one attached hydrogen (secondary N) is 1. The van der Waals surface area contributed by atoms with Gasteiger partial charge in [-0.1, -0.05) is 25.1 Å². The molecule has 1 rings (SSSR count). The largest absolute Gasteiger partial charge is 0.394 e. The zero-order valence-corrected chi connectivity index (χ0v) is 9.36. The van der Waals surface area contributed by atoms with E-state index in [2.05, 4.69) is 5.32 Å². The van der Waals surface area contributed by atoms with Gasteiger partial charge in [0.2, 0.25) is 0 Å². The van der Waals surface area contributed by atoms with Crippen LogP contribution in [0.3, 0.4) is 0 Å². The maximum atomic E-state index is 13.5. The van der Waals surface area contributed by atoms with Crippen LogP contribution in [0.4, 0.5) is 4.39 Å². The molecule has 0 aliphatic heterocycles. The van der Waals surface area contributed by atoms with Gasteiger partial charge in [0.05, 0.1) is 12.7 Å². The SMILES string of the molecule is CCC(NCC(O)CO)c1ccccc1F. The van der Waals surface area contributed by atoms with Crippen LogP contribution < -0.4 is 5.32 Å². The van der Waals surface area contributed by atoms with Crippen molar-refractivity contribution >= 4 is 0 Å². The lowest BCUT2D eigenvalue weighted by Gasteiger charge is -2.19. The number of halogens is 1. The minimum atomic E-state index is -0.805. The fraction of sp³-hybridized carbons (Fsp3) is 0.500. The van der Waals surface area contributed by atoms with E-state index in [1.54, 1.807) is 18.2 Å². The number of hydrogen-bond donors (Lipinski definition) is 3. The van der Waals surface area contributed by atoms with Crippen LogP contribution in [0.15, 0.2) is 24.3 Å². The molecule has 0 bridgehead atoms. The van der Waals surface area contributed by atoms with E-state index in [-0.39, 0.29) is 25.0 Å². The minimum absolute atomic E-state index is 0.137. The van der Waals surface area contributed by atoms with E-state index < -0.39 is 6.10 Å². The Hall–Kier alpha value is -0.970. The van der Waals surface area contributed by atoms with E-state index >= 15 is 0 Å². The number of aliphatic hydroxyl groups is 2. The van der Waals surface area contributed by atoms with Crippen molar-refractivity contribution in [1.29, 1.82) is 0 Å². The van der Waals surface area contributed by atoms with Crippen molar-refractivity contribution in [1.82, 2.24) is 5.32 Å². The molecular formula is C12H18FNO2. The molecule has 0 saturated heterocycles. The Morgan fingerprint density at radius 2 is 2.06 bits per heavy atom. The van der Waals surface area contributed by atoms with Crippen LogP contribution in [0.25, 0.3) is 0 Å². The van der Waals surface area contributed by atoms with Gasteiger partial charge in [0, 0.05) is 18.2 Å². The molecule has 1 aromatic rings. The highest BCUT2D eigenvalue weighted by Gasteiger charge is 2.14. The van der Waals surface area contributed by atoms with Crippen molar-refractivity contribution in [3.8, 4) is 0 Å². The van der Waals surface area contributed by atoms with E-state index in [9.17, 15) is 9.50 Å². The zero-order chi connectivity index (χ0) is 12.0. The molecule has 0 saturated carbocycles. The van der Waals surface area contributed by atoms with Crippen LogP contribution in [-0.2, 0) is 0 Å². The molecule has 0 radical (unpaired) electrons. The van der Waals surface area contributed by atoms with E-state index in [4.69, 9.17) is 5.11 Å². The van der Waals surface area contributed by atoms with Gasteiger partial charge in [-0.15, -0.1) is 0 Å². The van der Waals surface area contributed by atoms with Gasteiger partial charge in [0.25, 0.3) is 0 Å². The molecule has 0 aliphatic carbocycles. The quantitative estimate of drug-likeness (QED) is 0.685. The molecule has 3 nitrogen and oxygen atoms in total. The molecule has 2 atom stereocenters. The Balaban J connectivity index is 2.64. The molecular weight excluding hydrogens is 209 g/mol. The number of rotatable bonds is 6.